The number of methoxy groups -OCH3 is 1. The molecule has 0 radical (unpaired) electrons. The molecule has 3 N–H and O–H groups in total. The van der Waals surface area contributed by atoms with Gasteiger partial charge >= 0.3 is 17.9 Å². The zero-order chi connectivity index (χ0) is 29.2. The van der Waals surface area contributed by atoms with Gasteiger partial charge in [0.25, 0.3) is 0 Å². The van der Waals surface area contributed by atoms with Gasteiger partial charge in [0, 0.05) is 29.7 Å². The lowest BCUT2D eigenvalue weighted by atomic mass is 9.36. The summed E-state index contributed by atoms with van der Waals surface area (Å²) in [6.45, 7) is 8.21. The third kappa shape index (κ3) is 3.99. The fourth-order valence-electron chi connectivity index (χ4n) is 8.38. The van der Waals surface area contributed by atoms with Crippen LogP contribution in [-0.4, -0.2) is 82.4 Å². The maximum absolute atomic E-state index is 13.6. The third-order valence-corrected chi connectivity index (χ3v) is 10.2. The number of carbonyl (C=O) groups is 5. The molecule has 216 valence electrons. The lowest BCUT2D eigenvalue weighted by molar-refractivity contribution is -0.267. The van der Waals surface area contributed by atoms with Crippen LogP contribution in [0.2, 0.25) is 0 Å². The number of aliphatic hydroxyl groups is 2. The summed E-state index contributed by atoms with van der Waals surface area (Å²) in [5.74, 6) is -7.62. The highest BCUT2D eigenvalue weighted by Gasteiger charge is 2.83. The molecular formula is C28H38O11. The van der Waals surface area contributed by atoms with Gasteiger partial charge < -0.3 is 29.5 Å². The lowest BCUT2D eigenvalue weighted by Crippen LogP contribution is -2.77. The van der Waals surface area contributed by atoms with Crippen molar-refractivity contribution in [3.63, 3.8) is 0 Å². The number of aliphatic carboxylic acids is 1. The van der Waals surface area contributed by atoms with Crippen LogP contribution in [0, 0.1) is 40.4 Å². The Labute approximate surface area is 226 Å². The standard InChI is InChI=1S/C28H38O11/c1-12(2)13(3)7-19(33)39-21-17(30)9-15-8-16(14(4)29)26(5,10-18(31)32)22-20(34)24(35)28(25(36)37-6)23(21)27(15,22)11-38-28/h7,12,15-16,20-24,34-35H,8-11H2,1-6H3,(H,31,32)/b13-7+/t15-,16-,20+,21-,22+,23+,24-,26-,27+,28+/m0/s1. The summed E-state index contributed by atoms with van der Waals surface area (Å²) in [6, 6.07) is 0. The van der Waals surface area contributed by atoms with Crippen LogP contribution in [0.5, 0.6) is 0 Å². The topological polar surface area (TPSA) is 174 Å². The first-order valence-corrected chi connectivity index (χ1v) is 13.3. The molecule has 0 amide bonds. The zero-order valence-electron chi connectivity index (χ0n) is 23.1. The van der Waals surface area contributed by atoms with E-state index in [4.69, 9.17) is 14.2 Å². The number of carboxylic acids is 1. The number of ketones is 2. The molecule has 1 spiro atoms. The number of hydrogen-bond donors (Lipinski definition) is 3. The molecule has 0 aromatic rings. The number of carbonyl (C=O) groups excluding carboxylic acids is 4. The summed E-state index contributed by atoms with van der Waals surface area (Å²) in [5.41, 5.74) is -4.17. The van der Waals surface area contributed by atoms with Gasteiger partial charge in [0.05, 0.1) is 32.2 Å². The van der Waals surface area contributed by atoms with E-state index < -0.39 is 88.5 Å². The number of hydrogen-bond acceptors (Lipinski definition) is 10. The van der Waals surface area contributed by atoms with E-state index in [-0.39, 0.29) is 31.1 Å². The minimum atomic E-state index is -2.24. The summed E-state index contributed by atoms with van der Waals surface area (Å²) < 4.78 is 16.8. The molecule has 4 aliphatic rings. The fourth-order valence-corrected chi connectivity index (χ4v) is 8.38. The van der Waals surface area contributed by atoms with Crippen molar-refractivity contribution in [3.8, 4) is 0 Å². The average Bonchev–Trinajstić information content (AvgIpc) is 3.14. The molecule has 3 aliphatic carbocycles. The van der Waals surface area contributed by atoms with Gasteiger partial charge in [0.1, 0.15) is 11.9 Å². The van der Waals surface area contributed by atoms with Crippen molar-refractivity contribution < 1.29 is 53.5 Å². The highest BCUT2D eigenvalue weighted by atomic mass is 16.6. The second-order valence-corrected chi connectivity index (χ2v) is 12.3. The molecule has 0 unspecified atom stereocenters. The Hall–Kier alpha value is -2.63. The first-order chi connectivity index (χ1) is 18.1. The number of allylic oxidation sites excluding steroid dienone is 1. The van der Waals surface area contributed by atoms with Crippen LogP contribution in [0.3, 0.4) is 0 Å². The number of aliphatic hydroxyl groups excluding tert-OH is 2. The summed E-state index contributed by atoms with van der Waals surface area (Å²) >= 11 is 0. The second-order valence-electron chi connectivity index (χ2n) is 12.3. The van der Waals surface area contributed by atoms with Gasteiger partial charge in [0.2, 0.25) is 5.60 Å². The van der Waals surface area contributed by atoms with Crippen LogP contribution in [0.1, 0.15) is 53.9 Å². The van der Waals surface area contributed by atoms with E-state index in [0.29, 0.717) is 5.57 Å². The highest BCUT2D eigenvalue weighted by molar-refractivity contribution is 5.93. The Morgan fingerprint density at radius 1 is 1.15 bits per heavy atom. The molecule has 4 fully saturated rings. The van der Waals surface area contributed by atoms with Crippen molar-refractivity contribution in [1.82, 2.24) is 0 Å². The molecule has 11 heteroatoms. The Bertz CT molecular complexity index is 1130. The van der Waals surface area contributed by atoms with Crippen molar-refractivity contribution >= 4 is 29.5 Å². The molecule has 4 rings (SSSR count). The van der Waals surface area contributed by atoms with E-state index in [2.05, 4.69) is 0 Å². The van der Waals surface area contributed by atoms with E-state index in [1.54, 1.807) is 13.8 Å². The molecule has 11 nitrogen and oxygen atoms in total. The summed E-state index contributed by atoms with van der Waals surface area (Å²) in [7, 11) is 1.08. The van der Waals surface area contributed by atoms with Crippen LogP contribution in [0.25, 0.3) is 0 Å². The van der Waals surface area contributed by atoms with Crippen molar-refractivity contribution in [3.05, 3.63) is 11.6 Å². The van der Waals surface area contributed by atoms with Gasteiger partial charge in [0.15, 0.2) is 11.9 Å². The van der Waals surface area contributed by atoms with Gasteiger partial charge in [-0.05, 0) is 37.5 Å². The smallest absolute Gasteiger partial charge is 0.341 e. The van der Waals surface area contributed by atoms with E-state index in [0.717, 1.165) is 7.11 Å². The Kier molecular flexibility index (Phi) is 7.36. The number of esters is 2. The SMILES string of the molecule is COC(=O)[C@@]12OC[C@]34[C@H](CC(=O)[C@H](OC(=O)/C=C(\C)C(C)C)[C@@H]13)C[C@@H](C(C)=O)[C@](C)(CC(=O)O)[C@H]4[C@@H](O)[C@@H]2O. The van der Waals surface area contributed by atoms with E-state index in [1.165, 1.54) is 13.0 Å². The maximum Gasteiger partial charge on any atom is 0.341 e. The molecule has 1 saturated heterocycles. The molecular weight excluding hydrogens is 512 g/mol. The minimum Gasteiger partial charge on any atom is -0.481 e. The van der Waals surface area contributed by atoms with Crippen molar-refractivity contribution in [2.24, 2.45) is 40.4 Å². The Balaban J connectivity index is 1.95. The predicted molar refractivity (Wildman–Crippen MR) is 133 cm³/mol. The molecule has 39 heavy (non-hydrogen) atoms. The first-order valence-electron chi connectivity index (χ1n) is 13.3. The van der Waals surface area contributed by atoms with Gasteiger partial charge in [-0.1, -0.05) is 26.3 Å². The van der Waals surface area contributed by atoms with Gasteiger partial charge in [-0.3, -0.25) is 14.4 Å². The largest absolute Gasteiger partial charge is 0.481 e. The van der Waals surface area contributed by atoms with Crippen LogP contribution >= 0.6 is 0 Å². The lowest BCUT2D eigenvalue weighted by Gasteiger charge is -2.67. The number of carboxylic acid groups (broad SMARTS) is 1. The highest BCUT2D eigenvalue weighted by Crippen LogP contribution is 2.73. The number of ether oxygens (including phenoxy) is 3. The molecule has 1 heterocycles. The second kappa shape index (κ2) is 9.78. The number of Topliss-reactive ketones (excluding diaryl/α,β-unsaturated/α-hetero) is 2. The average molecular weight is 551 g/mol. The first kappa shape index (κ1) is 29.4. The molecule has 3 saturated carbocycles. The van der Waals surface area contributed by atoms with E-state index in [9.17, 15) is 39.3 Å². The molecule has 0 aromatic carbocycles. The summed E-state index contributed by atoms with van der Waals surface area (Å²) in [6.07, 6.45) is -4.42. The van der Waals surface area contributed by atoms with Gasteiger partial charge in [-0.2, -0.15) is 0 Å². The Morgan fingerprint density at radius 3 is 2.33 bits per heavy atom. The van der Waals surface area contributed by atoms with Gasteiger partial charge in [-0.15, -0.1) is 0 Å². The molecule has 1 aliphatic heterocycles. The summed E-state index contributed by atoms with van der Waals surface area (Å²) in [5, 5.41) is 33.0. The minimum absolute atomic E-state index is 0.0260. The van der Waals surface area contributed by atoms with Crippen molar-refractivity contribution in [2.75, 3.05) is 13.7 Å². The summed E-state index contributed by atoms with van der Waals surface area (Å²) in [4.78, 5) is 65.0. The molecule has 0 aromatic heterocycles. The van der Waals surface area contributed by atoms with Crippen LogP contribution in [-0.2, 0) is 38.2 Å². The normalized spacial score (nSPS) is 43.1. The maximum atomic E-state index is 13.6. The van der Waals surface area contributed by atoms with E-state index in [1.807, 2.05) is 13.8 Å². The Morgan fingerprint density at radius 2 is 1.79 bits per heavy atom. The third-order valence-electron chi connectivity index (χ3n) is 10.2. The quantitative estimate of drug-likeness (QED) is 0.306. The molecule has 2 bridgehead atoms. The van der Waals surface area contributed by atoms with Gasteiger partial charge in [-0.25, -0.2) is 9.59 Å². The van der Waals surface area contributed by atoms with E-state index >= 15 is 0 Å². The van der Waals surface area contributed by atoms with Crippen LogP contribution in [0.4, 0.5) is 0 Å². The van der Waals surface area contributed by atoms with Crippen LogP contribution < -0.4 is 0 Å². The zero-order valence-corrected chi connectivity index (χ0v) is 23.1. The monoisotopic (exact) mass is 550 g/mol. The van der Waals surface area contributed by atoms with Crippen LogP contribution in [0.15, 0.2) is 11.6 Å². The predicted octanol–water partition coefficient (Wildman–Crippen LogP) is 1.08. The van der Waals surface area contributed by atoms with Crippen molar-refractivity contribution in [1.29, 1.82) is 0 Å². The number of rotatable bonds is 7. The van der Waals surface area contributed by atoms with Crippen molar-refractivity contribution in [2.45, 2.75) is 77.8 Å². The molecule has 10 atom stereocenters. The fraction of sp³-hybridized carbons (Fsp3) is 0.750.